The Morgan fingerprint density at radius 1 is 1.04 bits per heavy atom. The predicted molar refractivity (Wildman–Crippen MR) is 94.1 cm³/mol. The highest BCUT2D eigenvalue weighted by Crippen LogP contribution is 2.31. The molecule has 0 atom stereocenters. The molecule has 0 aliphatic carbocycles. The van der Waals surface area contributed by atoms with Gasteiger partial charge in [0.05, 0.1) is 10.6 Å². The lowest BCUT2D eigenvalue weighted by Crippen LogP contribution is -1.99. The lowest BCUT2D eigenvalue weighted by molar-refractivity contribution is -0.384. The number of nitrogens with zero attached hydrogens (tertiary/aromatic N) is 2. The Kier molecular flexibility index (Phi) is 4.30. The van der Waals surface area contributed by atoms with Crippen LogP contribution in [0.15, 0.2) is 70.6 Å². The van der Waals surface area contributed by atoms with Crippen LogP contribution in [-0.4, -0.2) is 24.1 Å². The van der Waals surface area contributed by atoms with Gasteiger partial charge in [-0.3, -0.25) is 19.7 Å². The zero-order valence-electron chi connectivity index (χ0n) is 12.7. The van der Waals surface area contributed by atoms with Crippen LogP contribution in [0.25, 0.3) is 10.8 Å². The molecule has 0 saturated heterocycles. The lowest BCUT2D eigenvalue weighted by atomic mass is 10.1. The van der Waals surface area contributed by atoms with Crippen LogP contribution in [0.5, 0.6) is 0 Å². The molecule has 0 radical (unpaired) electrons. The second-order valence-corrected chi connectivity index (χ2v) is 6.61. The zero-order chi connectivity index (χ0) is 18.0. The van der Waals surface area contributed by atoms with Gasteiger partial charge in [-0.2, -0.15) is 8.42 Å². The maximum Gasteiger partial charge on any atom is 0.295 e. The molecule has 25 heavy (non-hydrogen) atoms. The number of nitro benzene ring substituents is 1. The van der Waals surface area contributed by atoms with Gasteiger partial charge in [0.2, 0.25) is 0 Å². The summed E-state index contributed by atoms with van der Waals surface area (Å²) in [4.78, 5) is 14.3. The molecule has 1 N–H and O–H groups in total. The zero-order valence-corrected chi connectivity index (χ0v) is 13.6. The molecule has 0 aliphatic rings. The number of non-ortho nitro benzene ring substituents is 1. The van der Waals surface area contributed by atoms with Crippen LogP contribution in [0.3, 0.4) is 0 Å². The van der Waals surface area contributed by atoms with Crippen LogP contribution in [0, 0.1) is 10.1 Å². The summed E-state index contributed by atoms with van der Waals surface area (Å²) in [7, 11) is -4.42. The Morgan fingerprint density at radius 2 is 1.72 bits per heavy atom. The fourth-order valence-corrected chi connectivity index (χ4v) is 3.20. The van der Waals surface area contributed by atoms with E-state index in [2.05, 4.69) is 4.99 Å². The van der Waals surface area contributed by atoms with Gasteiger partial charge in [0.1, 0.15) is 4.90 Å². The summed E-state index contributed by atoms with van der Waals surface area (Å²) in [5.41, 5.74) is 0.758. The number of hydrogen-bond acceptors (Lipinski definition) is 5. The highest BCUT2D eigenvalue weighted by atomic mass is 32.2. The molecule has 0 unspecified atom stereocenters. The van der Waals surface area contributed by atoms with E-state index in [-0.39, 0.29) is 16.0 Å². The lowest BCUT2D eigenvalue weighted by Gasteiger charge is -2.06. The van der Waals surface area contributed by atoms with Crippen molar-refractivity contribution in [3.63, 3.8) is 0 Å². The van der Waals surface area contributed by atoms with Crippen molar-refractivity contribution in [2.45, 2.75) is 4.90 Å². The van der Waals surface area contributed by atoms with Crippen molar-refractivity contribution in [2.24, 2.45) is 4.99 Å². The van der Waals surface area contributed by atoms with Crippen LogP contribution >= 0.6 is 0 Å². The second-order valence-electron chi connectivity index (χ2n) is 5.22. The van der Waals surface area contributed by atoms with Crippen LogP contribution in [-0.2, 0) is 10.1 Å². The first-order valence-corrected chi connectivity index (χ1v) is 8.58. The Morgan fingerprint density at radius 3 is 2.40 bits per heavy atom. The molecule has 3 rings (SSSR count). The SMILES string of the molecule is O=[N+]([O-])c1cccc(C=Nc2cccc3cccc(S(=O)(=O)O)c23)c1. The van der Waals surface area contributed by atoms with Crippen LogP contribution < -0.4 is 0 Å². The smallest absolute Gasteiger partial charge is 0.282 e. The number of aliphatic imine (C=N–C) groups is 1. The third kappa shape index (κ3) is 3.54. The summed E-state index contributed by atoms with van der Waals surface area (Å²) in [5, 5.41) is 11.7. The molecule has 0 aromatic heterocycles. The third-order valence-electron chi connectivity index (χ3n) is 3.56. The molecule has 0 fully saturated rings. The normalized spacial score (nSPS) is 11.9. The van der Waals surface area contributed by atoms with Crippen molar-refractivity contribution in [1.82, 2.24) is 0 Å². The first-order valence-electron chi connectivity index (χ1n) is 7.14. The van der Waals surface area contributed by atoms with Crippen molar-refractivity contribution in [2.75, 3.05) is 0 Å². The summed E-state index contributed by atoms with van der Waals surface area (Å²) >= 11 is 0. The average molecular weight is 356 g/mol. The van der Waals surface area contributed by atoms with E-state index in [0.29, 0.717) is 16.6 Å². The molecule has 8 heteroatoms. The highest BCUT2D eigenvalue weighted by Gasteiger charge is 2.16. The van der Waals surface area contributed by atoms with E-state index < -0.39 is 15.0 Å². The Labute approximate surface area is 143 Å². The van der Waals surface area contributed by atoms with Gasteiger partial charge < -0.3 is 0 Å². The molecule has 0 bridgehead atoms. The standard InChI is InChI=1S/C17H12N2O5S/c20-19(21)14-7-1-4-12(10-14)11-18-15-8-2-5-13-6-3-9-16(17(13)15)25(22,23)24/h1-11H,(H,22,23,24). The van der Waals surface area contributed by atoms with Gasteiger partial charge in [-0.15, -0.1) is 0 Å². The van der Waals surface area contributed by atoms with E-state index in [9.17, 15) is 23.1 Å². The van der Waals surface area contributed by atoms with Crippen molar-refractivity contribution in [3.8, 4) is 0 Å². The third-order valence-corrected chi connectivity index (χ3v) is 4.45. The molecule has 7 nitrogen and oxygen atoms in total. The molecule has 0 amide bonds. The van der Waals surface area contributed by atoms with Gasteiger partial charge >= 0.3 is 0 Å². The van der Waals surface area contributed by atoms with E-state index in [4.69, 9.17) is 0 Å². The van der Waals surface area contributed by atoms with Gasteiger partial charge in [-0.05, 0) is 23.1 Å². The Bertz CT molecular complexity index is 1100. The maximum absolute atomic E-state index is 11.6. The fraction of sp³-hybridized carbons (Fsp3) is 0. The van der Waals surface area contributed by atoms with Crippen molar-refractivity contribution < 1.29 is 17.9 Å². The summed E-state index contributed by atoms with van der Waals surface area (Å²) in [6, 6.07) is 15.4. The summed E-state index contributed by atoms with van der Waals surface area (Å²) in [5.74, 6) is 0. The van der Waals surface area contributed by atoms with Crippen LogP contribution in [0.2, 0.25) is 0 Å². The van der Waals surface area contributed by atoms with Crippen molar-refractivity contribution >= 4 is 38.5 Å². The summed E-state index contributed by atoms with van der Waals surface area (Å²) < 4.78 is 32.7. The Hall–Kier alpha value is -3.10. The van der Waals surface area contributed by atoms with Crippen molar-refractivity contribution in [3.05, 3.63) is 76.3 Å². The van der Waals surface area contributed by atoms with Gasteiger partial charge in [-0.1, -0.05) is 36.4 Å². The topological polar surface area (TPSA) is 110 Å². The number of nitro groups is 1. The molecule has 126 valence electrons. The summed E-state index contributed by atoms with van der Waals surface area (Å²) in [6.45, 7) is 0. The molecule has 3 aromatic carbocycles. The second kappa shape index (κ2) is 6.42. The molecular formula is C17H12N2O5S. The monoisotopic (exact) mass is 356 g/mol. The van der Waals surface area contributed by atoms with E-state index in [0.717, 1.165) is 0 Å². The summed E-state index contributed by atoms with van der Waals surface area (Å²) in [6.07, 6.45) is 1.41. The minimum atomic E-state index is -4.42. The van der Waals surface area contributed by atoms with E-state index in [1.54, 1.807) is 30.3 Å². The van der Waals surface area contributed by atoms with Crippen LogP contribution in [0.4, 0.5) is 11.4 Å². The molecule has 0 spiro atoms. The number of fused-ring (bicyclic) bond motifs is 1. The molecule has 0 saturated carbocycles. The highest BCUT2D eigenvalue weighted by molar-refractivity contribution is 7.86. The maximum atomic E-state index is 11.6. The van der Waals surface area contributed by atoms with Gasteiger partial charge in [0.15, 0.2) is 0 Å². The van der Waals surface area contributed by atoms with Gasteiger partial charge in [0.25, 0.3) is 15.8 Å². The predicted octanol–water partition coefficient (Wildman–Crippen LogP) is 3.75. The quantitative estimate of drug-likeness (QED) is 0.331. The molecular weight excluding hydrogens is 344 g/mol. The van der Waals surface area contributed by atoms with E-state index in [1.807, 2.05) is 0 Å². The first-order chi connectivity index (χ1) is 11.9. The minimum absolute atomic E-state index is 0.0690. The molecule has 3 aromatic rings. The largest absolute Gasteiger partial charge is 0.295 e. The van der Waals surface area contributed by atoms with Gasteiger partial charge in [-0.25, -0.2) is 0 Å². The van der Waals surface area contributed by atoms with Crippen LogP contribution in [0.1, 0.15) is 5.56 Å². The fourth-order valence-electron chi connectivity index (χ4n) is 2.47. The van der Waals surface area contributed by atoms with E-state index in [1.165, 1.54) is 36.5 Å². The minimum Gasteiger partial charge on any atom is -0.282 e. The first kappa shape index (κ1) is 16.7. The van der Waals surface area contributed by atoms with Gasteiger partial charge in [0, 0.05) is 23.7 Å². The van der Waals surface area contributed by atoms with Crippen molar-refractivity contribution in [1.29, 1.82) is 0 Å². The Balaban J connectivity index is 2.14. The average Bonchev–Trinajstić information content (AvgIpc) is 2.58. The molecule has 0 aliphatic heterocycles. The number of benzene rings is 3. The number of hydrogen-bond donors (Lipinski definition) is 1. The van der Waals surface area contributed by atoms with E-state index >= 15 is 0 Å². The number of rotatable bonds is 4. The molecule has 0 heterocycles.